The number of nitrogens with zero attached hydrogens (tertiary/aromatic N) is 2. The molecule has 0 aliphatic heterocycles. The smallest absolute Gasteiger partial charge is 0.234 e. The van der Waals surface area contributed by atoms with E-state index in [1.165, 1.54) is 5.56 Å². The lowest BCUT2D eigenvalue weighted by Gasteiger charge is -1.92. The fourth-order valence-corrected chi connectivity index (χ4v) is 1.82. The predicted octanol–water partition coefficient (Wildman–Crippen LogP) is 3.02. The first-order valence-corrected chi connectivity index (χ1v) is 5.61. The number of hydrogen-bond donors (Lipinski definition) is 0. The Hall–Kier alpha value is -0.870. The SMILES string of the molecule is CC(Cl)c1nnc(Cc2ccsc2)o1. The van der Waals surface area contributed by atoms with Crippen molar-refractivity contribution in [3.63, 3.8) is 0 Å². The zero-order valence-electron chi connectivity index (χ0n) is 7.61. The van der Waals surface area contributed by atoms with Gasteiger partial charge in [0.05, 0.1) is 6.42 Å². The fraction of sp³-hybridized carbons (Fsp3) is 0.333. The maximum absolute atomic E-state index is 5.80. The quantitative estimate of drug-likeness (QED) is 0.758. The van der Waals surface area contributed by atoms with Crippen LogP contribution in [0.2, 0.25) is 0 Å². The Balaban J connectivity index is 2.11. The lowest BCUT2D eigenvalue weighted by Crippen LogP contribution is -1.84. The molecule has 1 atom stereocenters. The van der Waals surface area contributed by atoms with E-state index in [0.717, 1.165) is 0 Å². The first kappa shape index (κ1) is 9.68. The van der Waals surface area contributed by atoms with E-state index in [2.05, 4.69) is 15.6 Å². The zero-order valence-corrected chi connectivity index (χ0v) is 9.18. The summed E-state index contributed by atoms with van der Waals surface area (Å²) in [5.74, 6) is 1.10. The van der Waals surface area contributed by atoms with Gasteiger partial charge in [0.2, 0.25) is 11.8 Å². The maximum atomic E-state index is 5.80. The summed E-state index contributed by atoms with van der Waals surface area (Å²) in [6.45, 7) is 1.81. The molecule has 0 spiro atoms. The molecule has 0 radical (unpaired) electrons. The average molecular weight is 229 g/mol. The Kier molecular flexibility index (Phi) is 2.84. The second-order valence-electron chi connectivity index (χ2n) is 2.96. The highest BCUT2D eigenvalue weighted by Gasteiger charge is 2.11. The largest absolute Gasteiger partial charge is 0.423 e. The minimum absolute atomic E-state index is 0.223. The van der Waals surface area contributed by atoms with E-state index >= 15 is 0 Å². The van der Waals surface area contributed by atoms with Gasteiger partial charge in [0, 0.05) is 0 Å². The lowest BCUT2D eigenvalue weighted by molar-refractivity contribution is 0.458. The first-order chi connectivity index (χ1) is 6.75. The van der Waals surface area contributed by atoms with Gasteiger partial charge in [-0.25, -0.2) is 0 Å². The molecule has 3 nitrogen and oxygen atoms in total. The molecule has 14 heavy (non-hydrogen) atoms. The molecule has 2 aromatic heterocycles. The number of thiophene rings is 1. The molecule has 2 aromatic rings. The van der Waals surface area contributed by atoms with Crippen molar-refractivity contribution < 1.29 is 4.42 Å². The summed E-state index contributed by atoms with van der Waals surface area (Å²) < 4.78 is 5.37. The van der Waals surface area contributed by atoms with Gasteiger partial charge < -0.3 is 4.42 Å². The van der Waals surface area contributed by atoms with Gasteiger partial charge in [0.1, 0.15) is 5.38 Å². The molecule has 0 aromatic carbocycles. The van der Waals surface area contributed by atoms with E-state index < -0.39 is 0 Å². The van der Waals surface area contributed by atoms with Crippen LogP contribution < -0.4 is 0 Å². The molecule has 0 fully saturated rings. The minimum atomic E-state index is -0.223. The lowest BCUT2D eigenvalue weighted by atomic mass is 10.2. The normalized spacial score (nSPS) is 13.0. The van der Waals surface area contributed by atoms with Gasteiger partial charge in [0.25, 0.3) is 0 Å². The Morgan fingerprint density at radius 1 is 1.57 bits per heavy atom. The van der Waals surface area contributed by atoms with E-state index in [0.29, 0.717) is 18.2 Å². The number of halogens is 1. The molecular formula is C9H9ClN2OS. The summed E-state index contributed by atoms with van der Waals surface area (Å²) in [7, 11) is 0. The third kappa shape index (κ3) is 2.13. The summed E-state index contributed by atoms with van der Waals surface area (Å²) in [6.07, 6.45) is 0.681. The third-order valence-electron chi connectivity index (χ3n) is 1.76. The molecule has 74 valence electrons. The van der Waals surface area contributed by atoms with Crippen molar-refractivity contribution in [3.8, 4) is 0 Å². The Labute approximate surface area is 90.7 Å². The van der Waals surface area contributed by atoms with Crippen molar-refractivity contribution in [2.45, 2.75) is 18.7 Å². The molecule has 0 aliphatic rings. The molecule has 5 heteroatoms. The summed E-state index contributed by atoms with van der Waals surface area (Å²) in [4.78, 5) is 0. The summed E-state index contributed by atoms with van der Waals surface area (Å²) in [5.41, 5.74) is 1.19. The third-order valence-corrected chi connectivity index (χ3v) is 2.68. The highest BCUT2D eigenvalue weighted by molar-refractivity contribution is 7.07. The average Bonchev–Trinajstić information content (AvgIpc) is 2.75. The Morgan fingerprint density at radius 3 is 3.00 bits per heavy atom. The molecule has 0 amide bonds. The van der Waals surface area contributed by atoms with Gasteiger partial charge in [-0.3, -0.25) is 0 Å². The molecule has 1 unspecified atom stereocenters. The van der Waals surface area contributed by atoms with Crippen molar-refractivity contribution >= 4 is 22.9 Å². The zero-order chi connectivity index (χ0) is 9.97. The van der Waals surface area contributed by atoms with Crippen LogP contribution in [0.4, 0.5) is 0 Å². The highest BCUT2D eigenvalue weighted by atomic mass is 35.5. The number of rotatable bonds is 3. The summed E-state index contributed by atoms with van der Waals surface area (Å²) in [5, 5.41) is 11.6. The van der Waals surface area contributed by atoms with Crippen LogP contribution in [0.5, 0.6) is 0 Å². The van der Waals surface area contributed by atoms with Crippen LogP contribution in [-0.4, -0.2) is 10.2 Å². The molecular weight excluding hydrogens is 220 g/mol. The number of hydrogen-bond acceptors (Lipinski definition) is 4. The van der Waals surface area contributed by atoms with E-state index in [4.69, 9.17) is 16.0 Å². The van der Waals surface area contributed by atoms with E-state index in [9.17, 15) is 0 Å². The van der Waals surface area contributed by atoms with Crippen LogP contribution in [0.1, 0.15) is 29.6 Å². The number of aromatic nitrogens is 2. The topological polar surface area (TPSA) is 38.9 Å². The first-order valence-electron chi connectivity index (χ1n) is 4.23. The van der Waals surface area contributed by atoms with E-state index in [1.807, 2.05) is 18.4 Å². The van der Waals surface area contributed by atoms with Crippen LogP contribution in [0, 0.1) is 0 Å². The van der Waals surface area contributed by atoms with Crippen molar-refractivity contribution in [2.24, 2.45) is 0 Å². The molecule has 0 aliphatic carbocycles. The summed E-state index contributed by atoms with van der Waals surface area (Å²) in [6, 6.07) is 2.04. The second kappa shape index (κ2) is 4.11. The molecule has 2 rings (SSSR count). The maximum Gasteiger partial charge on any atom is 0.234 e. The van der Waals surface area contributed by atoms with Crippen LogP contribution in [-0.2, 0) is 6.42 Å². The van der Waals surface area contributed by atoms with Crippen molar-refractivity contribution in [2.75, 3.05) is 0 Å². The fourth-order valence-electron chi connectivity index (χ4n) is 1.07. The van der Waals surface area contributed by atoms with Crippen molar-refractivity contribution in [1.82, 2.24) is 10.2 Å². The monoisotopic (exact) mass is 228 g/mol. The van der Waals surface area contributed by atoms with Crippen LogP contribution >= 0.6 is 22.9 Å². The Morgan fingerprint density at radius 2 is 2.43 bits per heavy atom. The van der Waals surface area contributed by atoms with Gasteiger partial charge in [-0.15, -0.1) is 21.8 Å². The minimum Gasteiger partial charge on any atom is -0.423 e. The standard InChI is InChI=1S/C9H9ClN2OS/c1-6(10)9-12-11-8(13-9)4-7-2-3-14-5-7/h2-3,5-6H,4H2,1H3. The molecule has 0 bridgehead atoms. The number of alkyl halides is 1. The summed E-state index contributed by atoms with van der Waals surface area (Å²) >= 11 is 7.46. The van der Waals surface area contributed by atoms with Crippen LogP contribution in [0.3, 0.4) is 0 Å². The Bertz CT molecular complexity index is 397. The van der Waals surface area contributed by atoms with E-state index in [1.54, 1.807) is 11.3 Å². The van der Waals surface area contributed by atoms with Crippen LogP contribution in [0.15, 0.2) is 21.2 Å². The van der Waals surface area contributed by atoms with Gasteiger partial charge in [-0.1, -0.05) is 0 Å². The molecule has 0 N–H and O–H groups in total. The van der Waals surface area contributed by atoms with E-state index in [-0.39, 0.29) is 5.38 Å². The van der Waals surface area contributed by atoms with Crippen LogP contribution in [0.25, 0.3) is 0 Å². The second-order valence-corrected chi connectivity index (χ2v) is 4.39. The molecule has 0 saturated carbocycles. The molecule has 0 saturated heterocycles. The van der Waals surface area contributed by atoms with Gasteiger partial charge >= 0.3 is 0 Å². The van der Waals surface area contributed by atoms with Gasteiger partial charge in [0.15, 0.2) is 0 Å². The highest BCUT2D eigenvalue weighted by Crippen LogP contribution is 2.19. The van der Waals surface area contributed by atoms with Crippen molar-refractivity contribution in [1.29, 1.82) is 0 Å². The predicted molar refractivity (Wildman–Crippen MR) is 55.7 cm³/mol. The molecule has 2 heterocycles. The van der Waals surface area contributed by atoms with Gasteiger partial charge in [-0.05, 0) is 29.3 Å². The van der Waals surface area contributed by atoms with Crippen molar-refractivity contribution in [3.05, 3.63) is 34.2 Å². The van der Waals surface area contributed by atoms with Gasteiger partial charge in [-0.2, -0.15) is 11.3 Å².